The van der Waals surface area contributed by atoms with E-state index in [1.807, 2.05) is 19.1 Å². The molecule has 0 spiro atoms. The molecule has 0 radical (unpaired) electrons. The van der Waals surface area contributed by atoms with Crippen LogP contribution in [0.3, 0.4) is 0 Å². The molecule has 2 aromatic carbocycles. The number of nitrogens with two attached hydrogens (primary N) is 1. The van der Waals surface area contributed by atoms with Crippen LogP contribution in [0.5, 0.6) is 0 Å². The second kappa shape index (κ2) is 6.47. The normalized spacial score (nSPS) is 13.0. The summed E-state index contributed by atoms with van der Waals surface area (Å²) in [7, 11) is -3.52. The van der Waals surface area contributed by atoms with Crippen LogP contribution in [0.1, 0.15) is 18.4 Å². The van der Waals surface area contributed by atoms with Crippen LogP contribution in [0.2, 0.25) is 5.02 Å². The number of sulfonamides is 1. The Kier molecular flexibility index (Phi) is 4.88. The monoisotopic (exact) mass is 324 g/mol. The maximum Gasteiger partial charge on any atom is 0.240 e. The summed E-state index contributed by atoms with van der Waals surface area (Å²) in [5.74, 6) is 0.0488. The second-order valence-corrected chi connectivity index (χ2v) is 7.08. The highest BCUT2D eigenvalue weighted by Gasteiger charge is 2.15. The third-order valence-corrected chi connectivity index (χ3v) is 4.90. The number of benzene rings is 2. The van der Waals surface area contributed by atoms with E-state index in [9.17, 15) is 8.42 Å². The summed E-state index contributed by atoms with van der Waals surface area (Å²) in [4.78, 5) is 0.205. The Hall–Kier alpha value is -1.56. The molecule has 3 N–H and O–H groups in total. The first-order valence-corrected chi connectivity index (χ1v) is 8.35. The van der Waals surface area contributed by atoms with Gasteiger partial charge in [-0.3, -0.25) is 0 Å². The molecule has 0 aliphatic carbocycles. The lowest BCUT2D eigenvalue weighted by molar-refractivity contribution is 0.575. The minimum Gasteiger partial charge on any atom is -0.399 e. The van der Waals surface area contributed by atoms with Crippen molar-refractivity contribution in [1.82, 2.24) is 4.72 Å². The number of anilines is 1. The summed E-state index contributed by atoms with van der Waals surface area (Å²) in [5, 5.41) is 0.504. The van der Waals surface area contributed by atoms with Gasteiger partial charge in [0, 0.05) is 17.3 Å². The molecule has 21 heavy (non-hydrogen) atoms. The smallest absolute Gasteiger partial charge is 0.240 e. The van der Waals surface area contributed by atoms with Gasteiger partial charge < -0.3 is 5.73 Å². The zero-order valence-corrected chi connectivity index (χ0v) is 13.2. The predicted octanol–water partition coefficient (Wildman–Crippen LogP) is 3.00. The molecule has 0 fully saturated rings. The summed E-state index contributed by atoms with van der Waals surface area (Å²) in [6, 6.07) is 13.5. The number of nitrogen functional groups attached to an aromatic ring is 1. The Bertz CT molecular complexity index is 697. The highest BCUT2D eigenvalue weighted by Crippen LogP contribution is 2.18. The molecule has 4 nitrogen and oxygen atoms in total. The highest BCUT2D eigenvalue weighted by atomic mass is 35.5. The van der Waals surface area contributed by atoms with Gasteiger partial charge in [0.1, 0.15) is 0 Å². The molecule has 0 heterocycles. The van der Waals surface area contributed by atoms with Gasteiger partial charge in [0.25, 0.3) is 0 Å². The van der Waals surface area contributed by atoms with Crippen molar-refractivity contribution in [3.8, 4) is 0 Å². The van der Waals surface area contributed by atoms with Crippen LogP contribution >= 0.6 is 11.6 Å². The first-order valence-electron chi connectivity index (χ1n) is 6.49. The third kappa shape index (κ3) is 4.20. The van der Waals surface area contributed by atoms with Gasteiger partial charge in [-0.2, -0.15) is 0 Å². The van der Waals surface area contributed by atoms with E-state index < -0.39 is 10.0 Å². The van der Waals surface area contributed by atoms with Crippen molar-refractivity contribution < 1.29 is 8.42 Å². The van der Waals surface area contributed by atoms with E-state index in [2.05, 4.69) is 4.72 Å². The van der Waals surface area contributed by atoms with Crippen LogP contribution in [-0.2, 0) is 10.0 Å². The van der Waals surface area contributed by atoms with Crippen LogP contribution in [0.25, 0.3) is 0 Å². The average Bonchev–Trinajstić information content (AvgIpc) is 2.46. The molecule has 0 saturated heterocycles. The third-order valence-electron chi connectivity index (χ3n) is 3.21. The van der Waals surface area contributed by atoms with Crippen molar-refractivity contribution in [2.24, 2.45) is 0 Å². The fourth-order valence-corrected chi connectivity index (χ4v) is 3.13. The van der Waals surface area contributed by atoms with Gasteiger partial charge in [0.05, 0.1) is 4.90 Å². The fourth-order valence-electron chi connectivity index (χ4n) is 1.87. The van der Waals surface area contributed by atoms with Crippen LogP contribution < -0.4 is 10.5 Å². The van der Waals surface area contributed by atoms with E-state index in [4.69, 9.17) is 17.3 Å². The minimum atomic E-state index is -3.52. The number of rotatable bonds is 5. The standard InChI is InChI=1S/C15H17ClN2O2S/c1-11(12-2-6-14(17)7-3-12)10-18-21(19,20)15-8-4-13(16)5-9-15/h2-9,11,18H,10,17H2,1H3. The van der Waals surface area contributed by atoms with Crippen LogP contribution in [-0.4, -0.2) is 15.0 Å². The molecule has 2 rings (SSSR count). The van der Waals surface area contributed by atoms with Gasteiger partial charge in [-0.15, -0.1) is 0 Å². The molecular weight excluding hydrogens is 308 g/mol. The van der Waals surface area contributed by atoms with Crippen molar-refractivity contribution in [2.45, 2.75) is 17.7 Å². The predicted molar refractivity (Wildman–Crippen MR) is 85.9 cm³/mol. The van der Waals surface area contributed by atoms with E-state index in [1.165, 1.54) is 12.1 Å². The number of hydrogen-bond acceptors (Lipinski definition) is 3. The minimum absolute atomic E-state index is 0.0488. The maximum absolute atomic E-state index is 12.2. The van der Waals surface area contributed by atoms with Crippen molar-refractivity contribution in [3.05, 3.63) is 59.1 Å². The lowest BCUT2D eigenvalue weighted by Gasteiger charge is -2.13. The summed E-state index contributed by atoms with van der Waals surface area (Å²) >= 11 is 5.76. The van der Waals surface area contributed by atoms with Crippen molar-refractivity contribution >= 4 is 27.3 Å². The topological polar surface area (TPSA) is 72.2 Å². The first-order chi connectivity index (χ1) is 9.88. The zero-order valence-electron chi connectivity index (χ0n) is 11.6. The molecule has 112 valence electrons. The fraction of sp³-hybridized carbons (Fsp3) is 0.200. The summed E-state index contributed by atoms with van der Waals surface area (Å²) in [5.41, 5.74) is 7.35. The van der Waals surface area contributed by atoms with E-state index in [0.717, 1.165) is 5.56 Å². The molecule has 0 aliphatic rings. The second-order valence-electron chi connectivity index (χ2n) is 4.87. The van der Waals surface area contributed by atoms with Crippen LogP contribution in [0, 0.1) is 0 Å². The molecular formula is C15H17ClN2O2S. The summed E-state index contributed by atoms with van der Waals surface area (Å²) < 4.78 is 26.9. The molecule has 1 atom stereocenters. The molecule has 0 amide bonds. The first kappa shape index (κ1) is 15.8. The molecule has 1 unspecified atom stereocenters. The Morgan fingerprint density at radius 1 is 1.10 bits per heavy atom. The lowest BCUT2D eigenvalue weighted by atomic mass is 10.0. The number of hydrogen-bond donors (Lipinski definition) is 2. The van der Waals surface area contributed by atoms with E-state index >= 15 is 0 Å². The number of halogens is 1. The molecule has 0 saturated carbocycles. The van der Waals surface area contributed by atoms with E-state index in [0.29, 0.717) is 17.3 Å². The number of nitrogens with one attached hydrogen (secondary N) is 1. The molecule has 0 aliphatic heterocycles. The SMILES string of the molecule is CC(CNS(=O)(=O)c1ccc(Cl)cc1)c1ccc(N)cc1. The summed E-state index contributed by atoms with van der Waals surface area (Å²) in [6.07, 6.45) is 0. The van der Waals surface area contributed by atoms with Gasteiger partial charge in [-0.05, 0) is 47.9 Å². The Morgan fingerprint density at radius 2 is 1.67 bits per heavy atom. The Morgan fingerprint density at radius 3 is 2.24 bits per heavy atom. The zero-order chi connectivity index (χ0) is 15.5. The van der Waals surface area contributed by atoms with Crippen molar-refractivity contribution in [2.75, 3.05) is 12.3 Å². The quantitative estimate of drug-likeness (QED) is 0.830. The Balaban J connectivity index is 2.04. The molecule has 6 heteroatoms. The van der Waals surface area contributed by atoms with E-state index in [-0.39, 0.29) is 10.8 Å². The molecule has 2 aromatic rings. The van der Waals surface area contributed by atoms with Gasteiger partial charge in [-0.1, -0.05) is 30.7 Å². The van der Waals surface area contributed by atoms with Gasteiger partial charge in [0.15, 0.2) is 0 Å². The van der Waals surface area contributed by atoms with Gasteiger partial charge in [0.2, 0.25) is 10.0 Å². The maximum atomic E-state index is 12.2. The average molecular weight is 325 g/mol. The Labute approximate surface area is 130 Å². The highest BCUT2D eigenvalue weighted by molar-refractivity contribution is 7.89. The van der Waals surface area contributed by atoms with Crippen LogP contribution in [0.15, 0.2) is 53.4 Å². The lowest BCUT2D eigenvalue weighted by Crippen LogP contribution is -2.27. The molecule has 0 bridgehead atoms. The van der Waals surface area contributed by atoms with Gasteiger partial charge >= 0.3 is 0 Å². The largest absolute Gasteiger partial charge is 0.399 e. The van der Waals surface area contributed by atoms with Crippen molar-refractivity contribution in [1.29, 1.82) is 0 Å². The van der Waals surface area contributed by atoms with Gasteiger partial charge in [-0.25, -0.2) is 13.1 Å². The van der Waals surface area contributed by atoms with E-state index in [1.54, 1.807) is 24.3 Å². The summed E-state index contributed by atoms with van der Waals surface area (Å²) in [6.45, 7) is 2.27. The van der Waals surface area contributed by atoms with Crippen molar-refractivity contribution in [3.63, 3.8) is 0 Å². The molecule has 0 aromatic heterocycles. The van der Waals surface area contributed by atoms with Crippen LogP contribution in [0.4, 0.5) is 5.69 Å².